The zero-order valence-corrected chi connectivity index (χ0v) is 14.8. The van der Waals surface area contributed by atoms with Crippen LogP contribution < -0.4 is 15.4 Å². The van der Waals surface area contributed by atoms with Gasteiger partial charge in [-0.3, -0.25) is 4.79 Å². The van der Waals surface area contributed by atoms with Crippen molar-refractivity contribution < 1.29 is 9.53 Å². The van der Waals surface area contributed by atoms with Crippen molar-refractivity contribution in [2.45, 2.75) is 26.7 Å². The lowest BCUT2D eigenvalue weighted by Crippen LogP contribution is -2.22. The van der Waals surface area contributed by atoms with Crippen LogP contribution in [0.3, 0.4) is 0 Å². The number of nitrogens with one attached hydrogen (secondary N) is 2. The van der Waals surface area contributed by atoms with Crippen molar-refractivity contribution in [1.29, 1.82) is 0 Å². The molecule has 0 aliphatic carbocycles. The van der Waals surface area contributed by atoms with Gasteiger partial charge < -0.3 is 15.4 Å². The molecule has 2 N–H and O–H groups in total. The summed E-state index contributed by atoms with van der Waals surface area (Å²) in [5.41, 5.74) is 2.58. The summed E-state index contributed by atoms with van der Waals surface area (Å²) in [5, 5.41) is 6.62. The number of rotatable bonds is 8. The minimum absolute atomic E-state index is 0.108. The molecule has 5 heteroatoms. The number of benzene rings is 2. The first-order valence-electron chi connectivity index (χ1n) is 8.11. The normalized spacial score (nSPS) is 10.3. The third kappa shape index (κ3) is 5.78. The minimum atomic E-state index is -0.108. The Balaban J connectivity index is 1.81. The molecule has 1 amide bonds. The number of unbranched alkanes of at least 4 members (excludes halogenated alkanes) is 1. The van der Waals surface area contributed by atoms with E-state index in [2.05, 4.69) is 17.6 Å². The van der Waals surface area contributed by atoms with Gasteiger partial charge in [-0.25, -0.2) is 0 Å². The highest BCUT2D eigenvalue weighted by Crippen LogP contribution is 2.20. The van der Waals surface area contributed by atoms with Crippen molar-refractivity contribution >= 4 is 28.9 Å². The van der Waals surface area contributed by atoms with Gasteiger partial charge in [0, 0.05) is 16.4 Å². The second-order valence-electron chi connectivity index (χ2n) is 5.59. The lowest BCUT2D eigenvalue weighted by atomic mass is 10.2. The average Bonchev–Trinajstić information content (AvgIpc) is 2.57. The van der Waals surface area contributed by atoms with Crippen LogP contribution in [0.15, 0.2) is 42.5 Å². The number of hydrogen-bond acceptors (Lipinski definition) is 3. The summed E-state index contributed by atoms with van der Waals surface area (Å²) in [7, 11) is 0. The number of carbonyl (C=O) groups excluding carboxylic acids is 1. The molecule has 0 spiro atoms. The van der Waals surface area contributed by atoms with E-state index in [9.17, 15) is 4.79 Å². The largest absolute Gasteiger partial charge is 0.494 e. The summed E-state index contributed by atoms with van der Waals surface area (Å²) in [5.74, 6) is 0.735. The minimum Gasteiger partial charge on any atom is -0.494 e. The van der Waals surface area contributed by atoms with Crippen LogP contribution in [0.25, 0.3) is 0 Å². The van der Waals surface area contributed by atoms with Gasteiger partial charge in [-0.15, -0.1) is 0 Å². The predicted octanol–water partition coefficient (Wildman–Crippen LogP) is 4.88. The average molecular weight is 347 g/mol. The summed E-state index contributed by atoms with van der Waals surface area (Å²) in [6.07, 6.45) is 2.16. The summed E-state index contributed by atoms with van der Waals surface area (Å²) in [6.45, 7) is 4.96. The molecule has 24 heavy (non-hydrogen) atoms. The molecular weight excluding hydrogens is 324 g/mol. The molecule has 0 radical (unpaired) electrons. The summed E-state index contributed by atoms with van der Waals surface area (Å²) >= 11 is 5.91. The molecule has 0 aromatic heterocycles. The molecule has 2 rings (SSSR count). The van der Waals surface area contributed by atoms with Gasteiger partial charge in [0.15, 0.2) is 0 Å². The van der Waals surface area contributed by atoms with Crippen molar-refractivity contribution in [2.75, 3.05) is 23.8 Å². The van der Waals surface area contributed by atoms with Crippen molar-refractivity contribution in [2.24, 2.45) is 0 Å². The van der Waals surface area contributed by atoms with E-state index in [-0.39, 0.29) is 12.5 Å². The first-order valence-corrected chi connectivity index (χ1v) is 8.49. The quantitative estimate of drug-likeness (QED) is 0.670. The van der Waals surface area contributed by atoms with Crippen LogP contribution in [0.1, 0.15) is 25.3 Å². The van der Waals surface area contributed by atoms with E-state index in [4.69, 9.17) is 16.3 Å². The number of ether oxygens (including phenoxy) is 1. The Morgan fingerprint density at radius 3 is 2.58 bits per heavy atom. The smallest absolute Gasteiger partial charge is 0.243 e. The Kier molecular flexibility index (Phi) is 6.94. The van der Waals surface area contributed by atoms with Crippen LogP contribution in [0.5, 0.6) is 5.75 Å². The van der Waals surface area contributed by atoms with E-state index in [0.29, 0.717) is 5.02 Å². The lowest BCUT2D eigenvalue weighted by Gasteiger charge is -2.11. The highest BCUT2D eigenvalue weighted by molar-refractivity contribution is 6.30. The maximum Gasteiger partial charge on any atom is 0.243 e. The van der Waals surface area contributed by atoms with E-state index >= 15 is 0 Å². The third-order valence-corrected chi connectivity index (χ3v) is 3.77. The maximum absolute atomic E-state index is 12.0. The molecule has 0 heterocycles. The number of halogens is 1. The van der Waals surface area contributed by atoms with E-state index in [1.54, 1.807) is 12.1 Å². The molecule has 0 fully saturated rings. The van der Waals surface area contributed by atoms with E-state index in [1.807, 2.05) is 37.3 Å². The van der Waals surface area contributed by atoms with Gasteiger partial charge in [0.25, 0.3) is 0 Å². The van der Waals surface area contributed by atoms with Gasteiger partial charge in [0.1, 0.15) is 5.75 Å². The number of amides is 1. The van der Waals surface area contributed by atoms with Crippen LogP contribution in [-0.4, -0.2) is 19.1 Å². The van der Waals surface area contributed by atoms with Crippen LogP contribution in [0.4, 0.5) is 11.4 Å². The molecule has 0 aliphatic heterocycles. The van der Waals surface area contributed by atoms with Crippen LogP contribution in [-0.2, 0) is 4.79 Å². The number of anilines is 2. The zero-order valence-electron chi connectivity index (χ0n) is 14.1. The maximum atomic E-state index is 12.0. The van der Waals surface area contributed by atoms with Crippen LogP contribution in [0.2, 0.25) is 5.02 Å². The van der Waals surface area contributed by atoms with Gasteiger partial charge in [-0.05, 0) is 61.4 Å². The molecule has 0 saturated heterocycles. The molecule has 2 aromatic carbocycles. The zero-order chi connectivity index (χ0) is 17.4. The summed E-state index contributed by atoms with van der Waals surface area (Å²) < 4.78 is 5.61. The Bertz CT molecular complexity index is 672. The second kappa shape index (κ2) is 9.18. The highest BCUT2D eigenvalue weighted by Gasteiger charge is 2.05. The number of aryl methyl sites for hydroxylation is 1. The molecule has 0 saturated carbocycles. The molecule has 0 aliphatic rings. The standard InChI is InChI=1S/C19H23ClN2O2/c1-3-4-11-24-17-8-6-16(7-9-17)21-13-19(23)22-18-10-5-15(20)12-14(18)2/h5-10,12,21H,3-4,11,13H2,1-2H3,(H,22,23). The second-order valence-corrected chi connectivity index (χ2v) is 6.02. The van der Waals surface area contributed by atoms with Crippen molar-refractivity contribution in [3.63, 3.8) is 0 Å². The van der Waals surface area contributed by atoms with Crippen molar-refractivity contribution in [3.05, 3.63) is 53.1 Å². The Morgan fingerprint density at radius 1 is 1.17 bits per heavy atom. The number of hydrogen-bond donors (Lipinski definition) is 2. The number of carbonyl (C=O) groups is 1. The van der Waals surface area contributed by atoms with E-state index in [1.165, 1.54) is 0 Å². The molecule has 0 bridgehead atoms. The van der Waals surface area contributed by atoms with E-state index < -0.39 is 0 Å². The van der Waals surface area contributed by atoms with Crippen LogP contribution >= 0.6 is 11.6 Å². The Hall–Kier alpha value is -2.20. The summed E-state index contributed by atoms with van der Waals surface area (Å²) in [6, 6.07) is 13.0. The lowest BCUT2D eigenvalue weighted by molar-refractivity contribution is -0.114. The highest BCUT2D eigenvalue weighted by atomic mass is 35.5. The molecular formula is C19H23ClN2O2. The molecule has 0 atom stereocenters. The monoisotopic (exact) mass is 346 g/mol. The van der Waals surface area contributed by atoms with Crippen LogP contribution in [0, 0.1) is 6.92 Å². The SMILES string of the molecule is CCCCOc1ccc(NCC(=O)Nc2ccc(Cl)cc2C)cc1. The molecule has 128 valence electrons. The van der Waals surface area contributed by atoms with Gasteiger partial charge in [-0.2, -0.15) is 0 Å². The summed E-state index contributed by atoms with van der Waals surface area (Å²) in [4.78, 5) is 12.0. The predicted molar refractivity (Wildman–Crippen MR) is 100 cm³/mol. The topological polar surface area (TPSA) is 50.4 Å². The van der Waals surface area contributed by atoms with Crippen molar-refractivity contribution in [3.8, 4) is 5.75 Å². The van der Waals surface area contributed by atoms with Gasteiger partial charge in [-0.1, -0.05) is 24.9 Å². The van der Waals surface area contributed by atoms with Gasteiger partial charge in [0.05, 0.1) is 13.2 Å². The Morgan fingerprint density at radius 2 is 1.92 bits per heavy atom. The Labute approximate surface area is 148 Å². The fourth-order valence-corrected chi connectivity index (χ4v) is 2.37. The fraction of sp³-hybridized carbons (Fsp3) is 0.316. The molecule has 2 aromatic rings. The third-order valence-electron chi connectivity index (χ3n) is 3.54. The van der Waals surface area contributed by atoms with Gasteiger partial charge in [0.2, 0.25) is 5.91 Å². The fourth-order valence-electron chi connectivity index (χ4n) is 2.15. The van der Waals surface area contributed by atoms with Crippen molar-refractivity contribution in [1.82, 2.24) is 0 Å². The molecule has 4 nitrogen and oxygen atoms in total. The first-order chi connectivity index (χ1) is 11.6. The van der Waals surface area contributed by atoms with Gasteiger partial charge >= 0.3 is 0 Å². The molecule has 0 unspecified atom stereocenters. The first kappa shape index (κ1) is 18.1. The van der Waals surface area contributed by atoms with E-state index in [0.717, 1.165) is 42.1 Å².